The second-order valence-corrected chi connectivity index (χ2v) is 6.12. The fourth-order valence-corrected chi connectivity index (χ4v) is 2.76. The van der Waals surface area contributed by atoms with Gasteiger partial charge in [0.15, 0.2) is 0 Å². The normalized spacial score (nSPS) is 11.3. The van der Waals surface area contributed by atoms with Crippen molar-refractivity contribution in [1.82, 2.24) is 4.72 Å². The van der Waals surface area contributed by atoms with Gasteiger partial charge in [-0.3, -0.25) is 0 Å². The minimum Gasteiger partial charge on any atom is -0.494 e. The van der Waals surface area contributed by atoms with Crippen LogP contribution < -0.4 is 9.46 Å². The molecule has 2 rings (SSSR count). The van der Waals surface area contributed by atoms with Crippen LogP contribution in [0.1, 0.15) is 12.5 Å². The highest BCUT2D eigenvalue weighted by Gasteiger charge is 2.13. The summed E-state index contributed by atoms with van der Waals surface area (Å²) in [6.07, 6.45) is 0. The predicted octanol–water partition coefficient (Wildman–Crippen LogP) is 2.70. The summed E-state index contributed by atoms with van der Waals surface area (Å²) in [4.78, 5) is 0.0369. The molecule has 0 unspecified atom stereocenters. The first-order valence-corrected chi connectivity index (χ1v) is 7.96. The zero-order chi connectivity index (χ0) is 15.3. The van der Waals surface area contributed by atoms with Crippen molar-refractivity contribution in [3.63, 3.8) is 0 Å². The molecule has 0 amide bonds. The van der Waals surface area contributed by atoms with Crippen LogP contribution in [0.4, 0.5) is 4.39 Å². The van der Waals surface area contributed by atoms with Crippen LogP contribution in [0.15, 0.2) is 53.4 Å². The Kier molecular flexibility index (Phi) is 4.93. The first-order chi connectivity index (χ1) is 10.0. The van der Waals surface area contributed by atoms with E-state index in [2.05, 4.69) is 4.72 Å². The van der Waals surface area contributed by atoms with Gasteiger partial charge in [-0.15, -0.1) is 0 Å². The largest absolute Gasteiger partial charge is 0.494 e. The quantitative estimate of drug-likeness (QED) is 0.892. The van der Waals surface area contributed by atoms with Crippen LogP contribution in [0.5, 0.6) is 5.75 Å². The molecule has 21 heavy (non-hydrogen) atoms. The third-order valence-corrected chi connectivity index (χ3v) is 4.24. The summed E-state index contributed by atoms with van der Waals surface area (Å²) in [5, 5.41) is 0. The zero-order valence-corrected chi connectivity index (χ0v) is 12.4. The molecule has 0 heterocycles. The van der Waals surface area contributed by atoms with Gasteiger partial charge < -0.3 is 4.74 Å². The Hall–Kier alpha value is -1.92. The highest BCUT2D eigenvalue weighted by Crippen LogP contribution is 2.14. The monoisotopic (exact) mass is 309 g/mol. The fourth-order valence-electron chi connectivity index (χ4n) is 1.75. The van der Waals surface area contributed by atoms with Crippen molar-refractivity contribution in [2.45, 2.75) is 18.4 Å². The highest BCUT2D eigenvalue weighted by molar-refractivity contribution is 7.89. The van der Waals surface area contributed by atoms with Crippen LogP contribution in [0.2, 0.25) is 0 Å². The van der Waals surface area contributed by atoms with Gasteiger partial charge in [0.25, 0.3) is 0 Å². The van der Waals surface area contributed by atoms with Gasteiger partial charge in [0.1, 0.15) is 11.6 Å². The number of benzene rings is 2. The summed E-state index contributed by atoms with van der Waals surface area (Å²) >= 11 is 0. The summed E-state index contributed by atoms with van der Waals surface area (Å²) in [6.45, 7) is 2.63. The van der Waals surface area contributed by atoms with E-state index in [9.17, 15) is 12.8 Å². The Morgan fingerprint density at radius 1 is 1.05 bits per heavy atom. The molecule has 0 bridgehead atoms. The van der Waals surface area contributed by atoms with E-state index in [0.717, 1.165) is 23.4 Å². The fraction of sp³-hybridized carbons (Fsp3) is 0.200. The highest BCUT2D eigenvalue weighted by atomic mass is 32.2. The minimum atomic E-state index is -3.64. The summed E-state index contributed by atoms with van der Waals surface area (Å²) in [7, 11) is -3.64. The lowest BCUT2D eigenvalue weighted by Gasteiger charge is -2.08. The minimum absolute atomic E-state index is 0.0369. The second-order valence-electron chi connectivity index (χ2n) is 4.36. The van der Waals surface area contributed by atoms with E-state index in [1.54, 1.807) is 24.3 Å². The number of halogens is 1. The van der Waals surface area contributed by atoms with Crippen molar-refractivity contribution in [3.8, 4) is 5.75 Å². The number of sulfonamides is 1. The average Bonchev–Trinajstić information content (AvgIpc) is 2.47. The van der Waals surface area contributed by atoms with Crippen LogP contribution in [-0.4, -0.2) is 15.0 Å². The van der Waals surface area contributed by atoms with Gasteiger partial charge in [-0.2, -0.15) is 0 Å². The first-order valence-electron chi connectivity index (χ1n) is 6.48. The Bertz CT molecular complexity index is 682. The number of hydrogen-bond donors (Lipinski definition) is 1. The molecule has 2 aromatic rings. The molecule has 0 spiro atoms. The summed E-state index contributed by atoms with van der Waals surface area (Å²) in [5.74, 6) is 0.267. The Morgan fingerprint density at radius 2 is 1.67 bits per heavy atom. The first kappa shape index (κ1) is 15.5. The molecular formula is C15H16FNO3S. The van der Waals surface area contributed by atoms with Crippen LogP contribution >= 0.6 is 0 Å². The van der Waals surface area contributed by atoms with Crippen LogP contribution in [0.25, 0.3) is 0 Å². The Labute approximate surface area is 123 Å². The van der Waals surface area contributed by atoms with Crippen LogP contribution in [0, 0.1) is 5.82 Å². The van der Waals surface area contributed by atoms with Crippen LogP contribution in [-0.2, 0) is 16.6 Å². The van der Waals surface area contributed by atoms with Crippen molar-refractivity contribution in [1.29, 1.82) is 0 Å². The number of rotatable bonds is 6. The third-order valence-electron chi connectivity index (χ3n) is 2.82. The second kappa shape index (κ2) is 6.69. The molecule has 1 N–H and O–H groups in total. The third kappa shape index (κ3) is 4.27. The van der Waals surface area contributed by atoms with Crippen molar-refractivity contribution in [2.24, 2.45) is 0 Å². The Morgan fingerprint density at radius 3 is 2.24 bits per heavy atom. The molecule has 0 aliphatic heterocycles. The van der Waals surface area contributed by atoms with E-state index in [-0.39, 0.29) is 11.4 Å². The molecule has 6 heteroatoms. The molecule has 0 aliphatic carbocycles. The summed E-state index contributed by atoms with van der Waals surface area (Å²) < 4.78 is 44.6. The summed E-state index contributed by atoms with van der Waals surface area (Å²) in [6, 6.07) is 11.8. The van der Waals surface area contributed by atoms with Crippen molar-refractivity contribution in [2.75, 3.05) is 6.61 Å². The molecule has 0 aliphatic rings. The lowest BCUT2D eigenvalue weighted by molar-refractivity contribution is 0.340. The van der Waals surface area contributed by atoms with E-state index in [1.807, 2.05) is 6.92 Å². The molecule has 112 valence electrons. The number of nitrogens with one attached hydrogen (secondary N) is 1. The number of ether oxygens (including phenoxy) is 1. The lowest BCUT2D eigenvalue weighted by atomic mass is 10.2. The topological polar surface area (TPSA) is 55.4 Å². The smallest absolute Gasteiger partial charge is 0.240 e. The SMILES string of the molecule is CCOc1ccc(CNS(=O)(=O)c2ccc(F)cc2)cc1. The maximum absolute atomic E-state index is 12.8. The lowest BCUT2D eigenvalue weighted by Crippen LogP contribution is -2.23. The van der Waals surface area contributed by atoms with E-state index in [0.29, 0.717) is 6.61 Å². The van der Waals surface area contributed by atoms with Gasteiger partial charge >= 0.3 is 0 Å². The zero-order valence-electron chi connectivity index (χ0n) is 11.5. The molecule has 0 saturated heterocycles. The van der Waals surface area contributed by atoms with Gasteiger partial charge in [-0.25, -0.2) is 17.5 Å². The van der Waals surface area contributed by atoms with E-state index >= 15 is 0 Å². The molecule has 0 fully saturated rings. The standard InChI is InChI=1S/C15H16FNO3S/c1-2-20-14-7-3-12(4-8-14)11-17-21(18,19)15-9-5-13(16)6-10-15/h3-10,17H,2,11H2,1H3. The van der Waals surface area contributed by atoms with Crippen molar-refractivity contribution in [3.05, 3.63) is 59.9 Å². The Balaban J connectivity index is 2.02. The van der Waals surface area contributed by atoms with Gasteiger partial charge in [-0.05, 0) is 48.9 Å². The van der Waals surface area contributed by atoms with E-state index in [4.69, 9.17) is 4.74 Å². The molecule has 0 radical (unpaired) electrons. The maximum atomic E-state index is 12.8. The van der Waals surface area contributed by atoms with Gasteiger partial charge in [0, 0.05) is 6.54 Å². The molecule has 4 nitrogen and oxygen atoms in total. The number of hydrogen-bond acceptors (Lipinski definition) is 3. The van der Waals surface area contributed by atoms with Crippen molar-refractivity contribution >= 4 is 10.0 Å². The molecule has 0 saturated carbocycles. The predicted molar refractivity (Wildman–Crippen MR) is 78.0 cm³/mol. The van der Waals surface area contributed by atoms with Gasteiger partial charge in [0.05, 0.1) is 11.5 Å². The van der Waals surface area contributed by atoms with Gasteiger partial charge in [0.2, 0.25) is 10.0 Å². The maximum Gasteiger partial charge on any atom is 0.240 e. The van der Waals surface area contributed by atoms with Gasteiger partial charge in [-0.1, -0.05) is 12.1 Å². The van der Waals surface area contributed by atoms with E-state index < -0.39 is 15.8 Å². The van der Waals surface area contributed by atoms with Crippen LogP contribution in [0.3, 0.4) is 0 Å². The summed E-state index contributed by atoms with van der Waals surface area (Å²) in [5.41, 5.74) is 0.809. The molecule has 0 aromatic heterocycles. The molecule has 2 aromatic carbocycles. The molecular weight excluding hydrogens is 293 g/mol. The average molecular weight is 309 g/mol. The van der Waals surface area contributed by atoms with E-state index in [1.165, 1.54) is 12.1 Å². The van der Waals surface area contributed by atoms with Crippen molar-refractivity contribution < 1.29 is 17.5 Å². The molecule has 0 atom stereocenters.